The van der Waals surface area contributed by atoms with E-state index < -0.39 is 0 Å². The average Bonchev–Trinajstić information content (AvgIpc) is 2.78. The number of nitrogens with zero attached hydrogens (tertiary/aromatic N) is 1. The first-order chi connectivity index (χ1) is 8.72. The zero-order chi connectivity index (χ0) is 13.0. The van der Waals surface area contributed by atoms with Gasteiger partial charge in [-0.05, 0) is 37.9 Å². The zero-order valence-corrected chi connectivity index (χ0v) is 12.1. The number of aryl methyl sites for hydroxylation is 2. The maximum Gasteiger partial charge on any atom is 0.114 e. The third kappa shape index (κ3) is 2.98. The van der Waals surface area contributed by atoms with Gasteiger partial charge in [0.05, 0.1) is 6.04 Å². The van der Waals surface area contributed by atoms with Gasteiger partial charge in [0.25, 0.3) is 0 Å². The molecule has 2 nitrogen and oxygen atoms in total. The summed E-state index contributed by atoms with van der Waals surface area (Å²) < 4.78 is 0. The Balaban J connectivity index is 2.33. The van der Waals surface area contributed by atoms with E-state index in [9.17, 15) is 0 Å². The van der Waals surface area contributed by atoms with Gasteiger partial charge in [0.1, 0.15) is 5.01 Å². The largest absolute Gasteiger partial charge is 0.304 e. The predicted molar refractivity (Wildman–Crippen MR) is 78.2 cm³/mol. The average molecular weight is 260 g/mol. The van der Waals surface area contributed by atoms with Crippen LogP contribution in [0.5, 0.6) is 0 Å². The van der Waals surface area contributed by atoms with E-state index in [1.807, 2.05) is 0 Å². The van der Waals surface area contributed by atoms with Gasteiger partial charge in [-0.15, -0.1) is 11.3 Å². The molecule has 0 bridgehead atoms. The highest BCUT2D eigenvalue weighted by molar-refractivity contribution is 7.09. The Hall–Kier alpha value is -1.19. The van der Waals surface area contributed by atoms with E-state index in [-0.39, 0.29) is 6.04 Å². The third-order valence-corrected chi connectivity index (χ3v) is 4.01. The van der Waals surface area contributed by atoms with Crippen LogP contribution in [0.1, 0.15) is 41.2 Å². The van der Waals surface area contributed by atoms with Crippen molar-refractivity contribution in [3.05, 3.63) is 51.5 Å². The van der Waals surface area contributed by atoms with Crippen molar-refractivity contribution in [1.82, 2.24) is 10.3 Å². The summed E-state index contributed by atoms with van der Waals surface area (Å²) in [5.41, 5.74) is 3.76. The molecule has 0 aliphatic carbocycles. The monoisotopic (exact) mass is 260 g/mol. The van der Waals surface area contributed by atoms with Crippen LogP contribution in [0, 0.1) is 13.8 Å². The highest BCUT2D eigenvalue weighted by Gasteiger charge is 2.17. The summed E-state index contributed by atoms with van der Waals surface area (Å²) in [6.07, 6.45) is 1.13. The molecule has 18 heavy (non-hydrogen) atoms. The van der Waals surface area contributed by atoms with Crippen LogP contribution in [0.25, 0.3) is 0 Å². The van der Waals surface area contributed by atoms with Gasteiger partial charge < -0.3 is 5.32 Å². The van der Waals surface area contributed by atoms with Crippen molar-refractivity contribution in [2.45, 2.75) is 33.2 Å². The molecule has 0 spiro atoms. The highest BCUT2D eigenvalue weighted by Crippen LogP contribution is 2.27. The Bertz CT molecular complexity index is 505. The van der Waals surface area contributed by atoms with E-state index in [4.69, 9.17) is 0 Å². The first-order valence-corrected chi connectivity index (χ1v) is 7.31. The summed E-state index contributed by atoms with van der Waals surface area (Å²) in [4.78, 5) is 4.64. The van der Waals surface area contributed by atoms with Crippen molar-refractivity contribution in [3.63, 3.8) is 0 Å². The number of thiazole rings is 1. The van der Waals surface area contributed by atoms with Crippen LogP contribution in [-0.2, 0) is 0 Å². The highest BCUT2D eigenvalue weighted by atomic mass is 32.1. The van der Waals surface area contributed by atoms with Gasteiger partial charge in [0.2, 0.25) is 0 Å². The fraction of sp³-hybridized carbons (Fsp3) is 0.400. The minimum absolute atomic E-state index is 0.227. The number of hydrogen-bond acceptors (Lipinski definition) is 3. The summed E-state index contributed by atoms with van der Waals surface area (Å²) >= 11 is 1.74. The molecule has 1 atom stereocenters. The minimum atomic E-state index is 0.227. The van der Waals surface area contributed by atoms with Crippen LogP contribution < -0.4 is 5.32 Å². The van der Waals surface area contributed by atoms with Gasteiger partial charge >= 0.3 is 0 Å². The summed E-state index contributed by atoms with van der Waals surface area (Å²) in [6.45, 7) is 7.41. The second kappa shape index (κ2) is 6.12. The molecule has 2 rings (SSSR count). The van der Waals surface area contributed by atoms with Crippen molar-refractivity contribution in [1.29, 1.82) is 0 Å². The lowest BCUT2D eigenvalue weighted by Gasteiger charge is -2.18. The molecule has 2 aromatic rings. The Kier molecular flexibility index (Phi) is 4.50. The summed E-state index contributed by atoms with van der Waals surface area (Å²) in [7, 11) is 0. The topological polar surface area (TPSA) is 24.9 Å². The zero-order valence-electron chi connectivity index (χ0n) is 11.2. The Morgan fingerprint density at radius 2 is 2.06 bits per heavy atom. The Labute approximate surface area is 113 Å². The Morgan fingerprint density at radius 3 is 2.67 bits per heavy atom. The molecule has 0 aliphatic rings. The number of nitrogens with one attached hydrogen (secondary N) is 1. The molecule has 0 aliphatic heterocycles. The number of benzene rings is 1. The molecule has 1 N–H and O–H groups in total. The van der Waals surface area contributed by atoms with Crippen molar-refractivity contribution >= 4 is 11.3 Å². The van der Waals surface area contributed by atoms with Gasteiger partial charge in [-0.3, -0.25) is 0 Å². The van der Waals surface area contributed by atoms with E-state index >= 15 is 0 Å². The maximum absolute atomic E-state index is 4.64. The van der Waals surface area contributed by atoms with E-state index in [1.54, 1.807) is 11.3 Å². The molecule has 3 heteroatoms. The third-order valence-electron chi connectivity index (χ3n) is 2.98. The van der Waals surface area contributed by atoms with Gasteiger partial charge in [0.15, 0.2) is 0 Å². The van der Waals surface area contributed by atoms with Crippen LogP contribution in [0.4, 0.5) is 0 Å². The van der Waals surface area contributed by atoms with Crippen molar-refractivity contribution in [2.75, 3.05) is 6.54 Å². The molecule has 0 saturated carbocycles. The van der Waals surface area contributed by atoms with E-state index in [0.717, 1.165) is 23.7 Å². The fourth-order valence-electron chi connectivity index (χ4n) is 2.03. The molecule has 1 heterocycles. The molecule has 0 radical (unpaired) electrons. The lowest BCUT2D eigenvalue weighted by molar-refractivity contribution is 0.593. The molecular weight excluding hydrogens is 240 g/mol. The number of hydrogen-bond donors (Lipinski definition) is 1. The maximum atomic E-state index is 4.64. The lowest BCUT2D eigenvalue weighted by atomic mass is 10.0. The summed E-state index contributed by atoms with van der Waals surface area (Å²) in [6, 6.07) is 8.77. The molecule has 1 unspecified atom stereocenters. The fourth-order valence-corrected chi connectivity index (χ4v) is 2.92. The van der Waals surface area contributed by atoms with Crippen molar-refractivity contribution in [3.8, 4) is 0 Å². The predicted octanol–water partition coefficient (Wildman–Crippen LogP) is 3.85. The molecule has 1 aromatic heterocycles. The van der Waals surface area contributed by atoms with E-state index in [0.29, 0.717) is 0 Å². The summed E-state index contributed by atoms with van der Waals surface area (Å²) in [5.74, 6) is 0. The molecule has 96 valence electrons. The first-order valence-electron chi connectivity index (χ1n) is 6.43. The van der Waals surface area contributed by atoms with Gasteiger partial charge in [-0.25, -0.2) is 4.98 Å². The molecule has 0 amide bonds. The van der Waals surface area contributed by atoms with E-state index in [1.165, 1.54) is 11.1 Å². The lowest BCUT2D eigenvalue weighted by Crippen LogP contribution is -2.23. The van der Waals surface area contributed by atoms with Crippen LogP contribution in [-0.4, -0.2) is 11.5 Å². The smallest absolute Gasteiger partial charge is 0.114 e. The summed E-state index contributed by atoms with van der Waals surface area (Å²) in [5, 5.41) is 6.89. The number of rotatable bonds is 5. The second-order valence-corrected chi connectivity index (χ2v) is 5.46. The van der Waals surface area contributed by atoms with Gasteiger partial charge in [-0.2, -0.15) is 0 Å². The van der Waals surface area contributed by atoms with Crippen LogP contribution in [0.2, 0.25) is 0 Å². The number of aromatic nitrogens is 1. The quantitative estimate of drug-likeness (QED) is 0.883. The van der Waals surface area contributed by atoms with Crippen LogP contribution in [0.15, 0.2) is 29.6 Å². The van der Waals surface area contributed by atoms with E-state index in [2.05, 4.69) is 60.7 Å². The minimum Gasteiger partial charge on any atom is -0.304 e. The second-order valence-electron chi connectivity index (χ2n) is 4.57. The first kappa shape index (κ1) is 13.2. The molecule has 0 fully saturated rings. The molecule has 0 saturated heterocycles. The SMILES string of the molecule is CCCNC(c1nc(C)cs1)c1ccccc1C. The van der Waals surface area contributed by atoms with Crippen LogP contribution >= 0.6 is 11.3 Å². The van der Waals surface area contributed by atoms with Crippen molar-refractivity contribution in [2.24, 2.45) is 0 Å². The van der Waals surface area contributed by atoms with Gasteiger partial charge in [-0.1, -0.05) is 31.2 Å². The standard InChI is InChI=1S/C15H20N2S/c1-4-9-16-14(15-17-12(3)10-18-15)13-8-6-5-7-11(13)2/h5-8,10,14,16H,4,9H2,1-3H3. The van der Waals surface area contributed by atoms with Gasteiger partial charge in [0, 0.05) is 11.1 Å². The molecular formula is C15H20N2S. The molecule has 1 aromatic carbocycles. The normalized spacial score (nSPS) is 12.6. The van der Waals surface area contributed by atoms with Crippen molar-refractivity contribution < 1.29 is 0 Å². The van der Waals surface area contributed by atoms with Crippen LogP contribution in [0.3, 0.4) is 0 Å². The Morgan fingerprint density at radius 1 is 1.28 bits per heavy atom.